The molecule has 0 spiro atoms. The minimum Gasteiger partial charge on any atom is -0.493 e. The van der Waals surface area contributed by atoms with E-state index in [1.165, 1.54) is 0 Å². The second-order valence-corrected chi connectivity index (χ2v) is 8.70. The molecule has 0 radical (unpaired) electrons. The largest absolute Gasteiger partial charge is 0.493 e. The quantitative estimate of drug-likeness (QED) is 0.727. The molecule has 3 rings (SSSR count). The number of hydrogen-bond donors (Lipinski definition) is 1. The van der Waals surface area contributed by atoms with Gasteiger partial charge in [-0.05, 0) is 43.4 Å². The van der Waals surface area contributed by atoms with E-state index < -0.39 is 10.0 Å². The molecule has 0 atom stereocenters. The highest BCUT2D eigenvalue weighted by molar-refractivity contribution is 7.88. The van der Waals surface area contributed by atoms with Crippen LogP contribution in [0.1, 0.15) is 31.2 Å². The molecular formula is C21H27NO5S. The number of benzene rings is 2. The molecule has 2 aromatic rings. The maximum atomic E-state index is 12.4. The molecule has 6 nitrogen and oxygen atoms in total. The Bertz CT molecular complexity index is 862. The topological polar surface area (TPSA) is 73.9 Å². The van der Waals surface area contributed by atoms with E-state index >= 15 is 0 Å². The SMILES string of the molecule is COc1cccc(OC2CCC(NS(=O)(=O)Cc3ccccc3)CC2)c1OC. The van der Waals surface area contributed by atoms with Gasteiger partial charge in [0.1, 0.15) is 0 Å². The number of sulfonamides is 1. The van der Waals surface area contributed by atoms with Gasteiger partial charge in [-0.15, -0.1) is 0 Å². The smallest absolute Gasteiger partial charge is 0.216 e. The first-order valence-electron chi connectivity index (χ1n) is 9.42. The second kappa shape index (κ2) is 9.30. The van der Waals surface area contributed by atoms with Crippen molar-refractivity contribution < 1.29 is 22.6 Å². The monoisotopic (exact) mass is 405 g/mol. The number of rotatable bonds is 8. The van der Waals surface area contributed by atoms with Crippen molar-refractivity contribution in [3.8, 4) is 17.2 Å². The Labute approximate surface area is 166 Å². The van der Waals surface area contributed by atoms with Crippen LogP contribution in [-0.4, -0.2) is 34.8 Å². The average molecular weight is 406 g/mol. The minimum atomic E-state index is -3.36. The van der Waals surface area contributed by atoms with E-state index in [0.29, 0.717) is 17.2 Å². The van der Waals surface area contributed by atoms with Crippen LogP contribution < -0.4 is 18.9 Å². The third-order valence-electron chi connectivity index (χ3n) is 4.88. The third-order valence-corrected chi connectivity index (χ3v) is 6.29. The van der Waals surface area contributed by atoms with Crippen LogP contribution in [0.4, 0.5) is 0 Å². The van der Waals surface area contributed by atoms with E-state index in [4.69, 9.17) is 14.2 Å². The fourth-order valence-corrected chi connectivity index (χ4v) is 4.98. The lowest BCUT2D eigenvalue weighted by Crippen LogP contribution is -2.40. The Morgan fingerprint density at radius 1 is 0.893 bits per heavy atom. The van der Waals surface area contributed by atoms with E-state index in [9.17, 15) is 8.42 Å². The molecule has 1 aliphatic rings. The molecule has 0 amide bonds. The summed E-state index contributed by atoms with van der Waals surface area (Å²) in [4.78, 5) is 0. The third kappa shape index (κ3) is 5.39. The van der Waals surface area contributed by atoms with E-state index in [1.54, 1.807) is 14.2 Å². The van der Waals surface area contributed by atoms with Crippen LogP contribution in [0.25, 0.3) is 0 Å². The van der Waals surface area contributed by atoms with Crippen LogP contribution in [0, 0.1) is 0 Å². The summed E-state index contributed by atoms with van der Waals surface area (Å²) in [6, 6.07) is 14.7. The molecule has 0 bridgehead atoms. The molecule has 1 aliphatic carbocycles. The van der Waals surface area contributed by atoms with Crippen molar-refractivity contribution in [3.05, 3.63) is 54.1 Å². The van der Waals surface area contributed by atoms with E-state index in [-0.39, 0.29) is 17.9 Å². The molecular weight excluding hydrogens is 378 g/mol. The Hall–Kier alpha value is -2.25. The maximum Gasteiger partial charge on any atom is 0.216 e. The van der Waals surface area contributed by atoms with E-state index in [1.807, 2.05) is 48.5 Å². The zero-order valence-corrected chi connectivity index (χ0v) is 17.1. The normalized spacial score (nSPS) is 19.8. The zero-order valence-electron chi connectivity index (χ0n) is 16.3. The van der Waals surface area contributed by atoms with Gasteiger partial charge >= 0.3 is 0 Å². The van der Waals surface area contributed by atoms with Crippen LogP contribution in [0.15, 0.2) is 48.5 Å². The van der Waals surface area contributed by atoms with Gasteiger partial charge in [0.15, 0.2) is 11.5 Å². The number of hydrogen-bond acceptors (Lipinski definition) is 5. The van der Waals surface area contributed by atoms with Crippen molar-refractivity contribution in [2.24, 2.45) is 0 Å². The molecule has 7 heteroatoms. The van der Waals surface area contributed by atoms with Crippen molar-refractivity contribution in [2.75, 3.05) is 14.2 Å². The molecule has 0 heterocycles. The number of methoxy groups -OCH3 is 2. The Morgan fingerprint density at radius 3 is 2.21 bits per heavy atom. The summed E-state index contributed by atoms with van der Waals surface area (Å²) < 4.78 is 44.5. The molecule has 152 valence electrons. The van der Waals surface area contributed by atoms with Gasteiger partial charge in [0.25, 0.3) is 0 Å². The predicted octanol–water partition coefficient (Wildman–Crippen LogP) is 3.51. The van der Waals surface area contributed by atoms with E-state index in [2.05, 4.69) is 4.72 Å². The van der Waals surface area contributed by atoms with Gasteiger partial charge in [0.05, 0.1) is 26.1 Å². The lowest BCUT2D eigenvalue weighted by atomic mass is 9.93. The lowest BCUT2D eigenvalue weighted by Gasteiger charge is -2.30. The summed E-state index contributed by atoms with van der Waals surface area (Å²) in [5.41, 5.74) is 0.789. The van der Waals surface area contributed by atoms with Gasteiger partial charge < -0.3 is 14.2 Å². The van der Waals surface area contributed by atoms with Gasteiger partial charge in [-0.2, -0.15) is 0 Å². The summed E-state index contributed by atoms with van der Waals surface area (Å²) in [6.45, 7) is 0. The highest BCUT2D eigenvalue weighted by Gasteiger charge is 2.27. The van der Waals surface area contributed by atoms with Gasteiger partial charge in [-0.1, -0.05) is 36.4 Å². The van der Waals surface area contributed by atoms with Crippen molar-refractivity contribution in [2.45, 2.75) is 43.6 Å². The molecule has 0 saturated heterocycles. The van der Waals surface area contributed by atoms with Gasteiger partial charge in [-0.25, -0.2) is 13.1 Å². The molecule has 0 aromatic heterocycles. The number of ether oxygens (including phenoxy) is 3. The minimum absolute atomic E-state index is 0.00524. The van der Waals surface area contributed by atoms with Crippen LogP contribution in [0.5, 0.6) is 17.2 Å². The number of para-hydroxylation sites is 1. The molecule has 0 aliphatic heterocycles. The van der Waals surface area contributed by atoms with Crippen molar-refractivity contribution in [1.29, 1.82) is 0 Å². The second-order valence-electron chi connectivity index (χ2n) is 6.95. The summed E-state index contributed by atoms with van der Waals surface area (Å²) >= 11 is 0. The fraction of sp³-hybridized carbons (Fsp3) is 0.429. The fourth-order valence-electron chi connectivity index (χ4n) is 3.52. The maximum absolute atomic E-state index is 12.4. The zero-order chi connectivity index (χ0) is 20.0. The van der Waals surface area contributed by atoms with Crippen LogP contribution in [0.2, 0.25) is 0 Å². The van der Waals surface area contributed by atoms with Crippen LogP contribution in [0.3, 0.4) is 0 Å². The summed E-state index contributed by atoms with van der Waals surface area (Å²) in [7, 11) is -0.180. The van der Waals surface area contributed by atoms with Crippen molar-refractivity contribution in [3.63, 3.8) is 0 Å². The summed E-state index contributed by atoms with van der Waals surface area (Å²) in [6.07, 6.45) is 3.06. The Morgan fingerprint density at radius 2 is 1.57 bits per heavy atom. The Kier molecular flexibility index (Phi) is 6.80. The molecule has 1 N–H and O–H groups in total. The standard InChI is InChI=1S/C21H27NO5S/c1-25-19-9-6-10-20(21(19)26-2)27-18-13-11-17(12-14-18)22-28(23,24)15-16-7-4-3-5-8-16/h3-10,17-18,22H,11-15H2,1-2H3. The van der Waals surface area contributed by atoms with Gasteiger partial charge in [0.2, 0.25) is 15.8 Å². The average Bonchev–Trinajstić information content (AvgIpc) is 2.69. The molecule has 2 aromatic carbocycles. The first-order valence-corrected chi connectivity index (χ1v) is 11.1. The highest BCUT2D eigenvalue weighted by Crippen LogP contribution is 2.38. The van der Waals surface area contributed by atoms with Crippen LogP contribution >= 0.6 is 0 Å². The molecule has 0 unspecified atom stereocenters. The van der Waals surface area contributed by atoms with Gasteiger partial charge in [-0.3, -0.25) is 0 Å². The first kappa shape index (κ1) is 20.5. The first-order chi connectivity index (χ1) is 13.5. The molecule has 1 saturated carbocycles. The summed E-state index contributed by atoms with van der Waals surface area (Å²) in [5, 5.41) is 0. The number of nitrogens with one attached hydrogen (secondary N) is 1. The van der Waals surface area contributed by atoms with Crippen molar-refractivity contribution in [1.82, 2.24) is 4.72 Å². The summed E-state index contributed by atoms with van der Waals surface area (Å²) in [5.74, 6) is 1.86. The van der Waals surface area contributed by atoms with Crippen molar-refractivity contribution >= 4 is 10.0 Å². The predicted molar refractivity (Wildman–Crippen MR) is 108 cm³/mol. The Balaban J connectivity index is 1.54. The molecule has 1 fully saturated rings. The van der Waals surface area contributed by atoms with E-state index in [0.717, 1.165) is 31.2 Å². The van der Waals surface area contributed by atoms with Gasteiger partial charge in [0, 0.05) is 6.04 Å². The highest BCUT2D eigenvalue weighted by atomic mass is 32.2. The van der Waals surface area contributed by atoms with Crippen LogP contribution in [-0.2, 0) is 15.8 Å². The molecule has 28 heavy (non-hydrogen) atoms. The lowest BCUT2D eigenvalue weighted by molar-refractivity contribution is 0.138.